The molecule has 0 bridgehead atoms. The third-order valence-electron chi connectivity index (χ3n) is 4.71. The lowest BCUT2D eigenvalue weighted by Crippen LogP contribution is -2.71. The zero-order valence-corrected chi connectivity index (χ0v) is 20.2. The van der Waals surface area contributed by atoms with Gasteiger partial charge in [-0.25, -0.2) is 9.78 Å². The number of anilines is 1. The molecule has 2 amide bonds. The van der Waals surface area contributed by atoms with Crippen LogP contribution in [0.1, 0.15) is 19.0 Å². The number of fused-ring (bicyclic) bond motifs is 1. The van der Waals surface area contributed by atoms with Crippen LogP contribution >= 0.6 is 23.1 Å². The molecule has 1 fully saturated rings. The number of aromatic nitrogens is 1. The van der Waals surface area contributed by atoms with Crippen molar-refractivity contribution in [3.63, 3.8) is 0 Å². The van der Waals surface area contributed by atoms with E-state index in [1.54, 1.807) is 6.92 Å². The summed E-state index contributed by atoms with van der Waals surface area (Å²) in [6.45, 7) is 1.12. The normalized spacial score (nSPS) is 19.8. The minimum absolute atomic E-state index is 0.00621. The van der Waals surface area contributed by atoms with Gasteiger partial charge in [0.15, 0.2) is 10.8 Å². The van der Waals surface area contributed by atoms with Gasteiger partial charge in [0.25, 0.3) is 11.8 Å². The van der Waals surface area contributed by atoms with Gasteiger partial charge in [0.2, 0.25) is 6.79 Å². The van der Waals surface area contributed by atoms with E-state index in [0.29, 0.717) is 11.3 Å². The molecule has 3 rings (SSSR count). The van der Waals surface area contributed by atoms with Crippen LogP contribution in [0.2, 0.25) is 0 Å². The number of nitrogens with zero attached hydrogens (tertiary/aromatic N) is 3. The molecule has 15 heteroatoms. The molecule has 1 aromatic rings. The second-order valence-electron chi connectivity index (χ2n) is 6.86. The van der Waals surface area contributed by atoms with Crippen LogP contribution in [0.4, 0.5) is 5.13 Å². The van der Waals surface area contributed by atoms with Crippen molar-refractivity contribution in [2.24, 2.45) is 5.16 Å². The molecule has 2 atom stereocenters. The zero-order chi connectivity index (χ0) is 24.8. The van der Waals surface area contributed by atoms with Gasteiger partial charge >= 0.3 is 11.9 Å². The summed E-state index contributed by atoms with van der Waals surface area (Å²) >= 11 is 2.47. The van der Waals surface area contributed by atoms with Crippen molar-refractivity contribution >= 4 is 57.7 Å². The number of nitrogen functional groups attached to an aromatic ring is 1. The molecule has 2 aliphatic rings. The lowest BCUT2D eigenvalue weighted by atomic mass is 10.0. The average Bonchev–Trinajstić information content (AvgIpc) is 3.26. The molecule has 3 heterocycles. The van der Waals surface area contributed by atoms with Crippen molar-refractivity contribution in [3.8, 4) is 0 Å². The van der Waals surface area contributed by atoms with Crippen LogP contribution in [0.25, 0.3) is 0 Å². The number of carbonyl (C=O) groups is 4. The van der Waals surface area contributed by atoms with Crippen molar-refractivity contribution in [3.05, 3.63) is 22.3 Å². The van der Waals surface area contributed by atoms with E-state index in [9.17, 15) is 19.2 Å². The van der Waals surface area contributed by atoms with Gasteiger partial charge in [-0.2, -0.15) is 0 Å². The van der Waals surface area contributed by atoms with E-state index < -0.39 is 42.0 Å². The Kier molecular flexibility index (Phi) is 8.46. The van der Waals surface area contributed by atoms with E-state index in [1.165, 1.54) is 36.3 Å². The number of amides is 2. The number of nitrogens with two attached hydrogens (primary N) is 1. The molecule has 2 aliphatic heterocycles. The van der Waals surface area contributed by atoms with Gasteiger partial charge in [-0.15, -0.1) is 23.1 Å². The van der Waals surface area contributed by atoms with Gasteiger partial charge in [0.1, 0.15) is 29.9 Å². The SMILES string of the molecule is CCC(=O)OCOC(=O)C1=C(COC)CS[C@@H]2C(NC(=O)/C(=N\OC)c3csc(N)n3)C(=O)N12. The molecule has 3 N–H and O–H groups in total. The number of thioether (sulfide) groups is 1. The van der Waals surface area contributed by atoms with Crippen LogP contribution in [0.3, 0.4) is 0 Å². The largest absolute Gasteiger partial charge is 0.428 e. The van der Waals surface area contributed by atoms with Crippen LogP contribution in [0.15, 0.2) is 21.8 Å². The third-order valence-corrected chi connectivity index (χ3v) is 6.72. The number of esters is 2. The summed E-state index contributed by atoms with van der Waals surface area (Å²) in [5.41, 5.74) is 6.23. The Bertz CT molecular complexity index is 1040. The highest BCUT2D eigenvalue weighted by molar-refractivity contribution is 8.00. The van der Waals surface area contributed by atoms with Crippen molar-refractivity contribution in [2.45, 2.75) is 24.8 Å². The number of carbonyl (C=O) groups excluding carboxylic acids is 4. The van der Waals surface area contributed by atoms with Crippen molar-refractivity contribution in [2.75, 3.05) is 39.1 Å². The molecule has 13 nitrogen and oxygen atoms in total. The zero-order valence-electron chi connectivity index (χ0n) is 18.6. The minimum atomic E-state index is -0.930. The van der Waals surface area contributed by atoms with Crippen molar-refractivity contribution < 1.29 is 38.2 Å². The van der Waals surface area contributed by atoms with Gasteiger partial charge < -0.3 is 30.1 Å². The number of thiazole rings is 1. The molecule has 34 heavy (non-hydrogen) atoms. The molecular formula is C19H23N5O8S2. The Morgan fingerprint density at radius 3 is 2.71 bits per heavy atom. The minimum Gasteiger partial charge on any atom is -0.428 e. The number of oxime groups is 1. The first-order chi connectivity index (χ1) is 16.3. The summed E-state index contributed by atoms with van der Waals surface area (Å²) in [4.78, 5) is 59.8. The number of hydrogen-bond donors (Lipinski definition) is 2. The van der Waals surface area contributed by atoms with Gasteiger partial charge in [-0.05, 0) is 5.57 Å². The first kappa shape index (κ1) is 25.5. The van der Waals surface area contributed by atoms with Crippen LogP contribution in [0.5, 0.6) is 0 Å². The molecule has 0 spiro atoms. The topological polar surface area (TPSA) is 172 Å². The molecule has 0 saturated carbocycles. The van der Waals surface area contributed by atoms with E-state index in [4.69, 9.17) is 24.8 Å². The van der Waals surface area contributed by atoms with Gasteiger partial charge in [0.05, 0.1) is 6.61 Å². The van der Waals surface area contributed by atoms with Crippen molar-refractivity contribution in [1.82, 2.24) is 15.2 Å². The molecule has 0 aliphatic carbocycles. The molecule has 1 aromatic heterocycles. The summed E-state index contributed by atoms with van der Waals surface area (Å²) < 4.78 is 15.0. The monoisotopic (exact) mass is 513 g/mol. The first-order valence-corrected chi connectivity index (χ1v) is 11.9. The fourth-order valence-corrected chi connectivity index (χ4v) is 5.05. The highest BCUT2D eigenvalue weighted by Crippen LogP contribution is 2.40. The second-order valence-corrected chi connectivity index (χ2v) is 8.85. The summed E-state index contributed by atoms with van der Waals surface area (Å²) in [7, 11) is 2.73. The van der Waals surface area contributed by atoms with E-state index in [1.807, 2.05) is 0 Å². The number of hydrogen-bond acceptors (Lipinski definition) is 13. The van der Waals surface area contributed by atoms with E-state index in [-0.39, 0.29) is 35.3 Å². The Morgan fingerprint density at radius 1 is 1.32 bits per heavy atom. The fraction of sp³-hybridized carbons (Fsp3) is 0.474. The molecule has 0 aromatic carbocycles. The Labute approximate surface area is 202 Å². The maximum Gasteiger partial charge on any atom is 0.358 e. The maximum absolute atomic E-state index is 13.0. The second kappa shape index (κ2) is 11.3. The summed E-state index contributed by atoms with van der Waals surface area (Å²) in [5.74, 6) is -2.22. The van der Waals surface area contributed by atoms with Crippen LogP contribution in [-0.2, 0) is 38.2 Å². The van der Waals surface area contributed by atoms with Gasteiger partial charge in [-0.1, -0.05) is 12.1 Å². The van der Waals surface area contributed by atoms with E-state index >= 15 is 0 Å². The lowest BCUT2D eigenvalue weighted by Gasteiger charge is -2.49. The van der Waals surface area contributed by atoms with Crippen LogP contribution < -0.4 is 11.1 Å². The highest BCUT2D eigenvalue weighted by Gasteiger charge is 2.54. The molecule has 1 saturated heterocycles. The smallest absolute Gasteiger partial charge is 0.358 e. The fourth-order valence-electron chi connectivity index (χ4n) is 3.18. The number of rotatable bonds is 10. The number of nitrogens with one attached hydrogen (secondary N) is 1. The van der Waals surface area contributed by atoms with E-state index in [0.717, 1.165) is 11.3 Å². The molecular weight excluding hydrogens is 490 g/mol. The summed E-state index contributed by atoms with van der Waals surface area (Å²) in [6.07, 6.45) is 0.127. The first-order valence-electron chi connectivity index (χ1n) is 9.94. The van der Waals surface area contributed by atoms with Crippen LogP contribution in [0, 0.1) is 0 Å². The lowest BCUT2D eigenvalue weighted by molar-refractivity contribution is -0.167. The summed E-state index contributed by atoms with van der Waals surface area (Å²) in [5, 5.41) is 7.53. The molecule has 184 valence electrons. The Hall–Kier alpha value is -3.17. The van der Waals surface area contributed by atoms with Gasteiger partial charge in [0, 0.05) is 24.7 Å². The molecule has 1 unspecified atom stereocenters. The van der Waals surface area contributed by atoms with Gasteiger partial charge in [-0.3, -0.25) is 19.3 Å². The van der Waals surface area contributed by atoms with E-state index in [2.05, 4.69) is 15.5 Å². The van der Waals surface area contributed by atoms with Crippen LogP contribution in [-0.4, -0.2) is 84.1 Å². The van der Waals surface area contributed by atoms with Crippen molar-refractivity contribution in [1.29, 1.82) is 0 Å². The average molecular weight is 514 g/mol. The predicted molar refractivity (Wildman–Crippen MR) is 121 cm³/mol. The third kappa shape index (κ3) is 5.31. The Balaban J connectivity index is 1.74. The quantitative estimate of drug-likeness (QED) is 0.140. The number of ether oxygens (including phenoxy) is 3. The number of methoxy groups -OCH3 is 1. The highest BCUT2D eigenvalue weighted by atomic mass is 32.2. The molecule has 0 radical (unpaired) electrons. The number of β-lactam (4-membered cyclic amide) rings is 1. The predicted octanol–water partition coefficient (Wildman–Crippen LogP) is -0.170. The Morgan fingerprint density at radius 2 is 2.09 bits per heavy atom. The standard InChI is InChI=1S/C19H23N5O8S2/c1-4-11(25)31-8-32-18(28)14-9(5-29-2)6-33-17-13(16(27)24(14)17)22-15(26)12(23-30-3)10-7-34-19(20)21-10/h7,13,17H,4-6,8H2,1-3H3,(H2,20,21)(H,22,26)/b23-12-/t13?,17-/m1/s1. The maximum atomic E-state index is 13.0. The summed E-state index contributed by atoms with van der Waals surface area (Å²) in [6, 6.07) is -0.930.